The smallest absolute Gasteiger partial charge is 0.287 e. The first-order valence-corrected chi connectivity index (χ1v) is 11.3. The Morgan fingerprint density at radius 3 is 2.33 bits per heavy atom. The summed E-state index contributed by atoms with van der Waals surface area (Å²) < 4.78 is 24.3. The van der Waals surface area contributed by atoms with Crippen molar-refractivity contribution in [3.05, 3.63) is 113 Å². The number of furan rings is 2. The molecule has 0 aliphatic carbocycles. The largest absolute Gasteiger partial charge is 0.467 e. The van der Waals surface area contributed by atoms with Gasteiger partial charge in [0, 0.05) is 5.69 Å². The van der Waals surface area contributed by atoms with Crippen molar-refractivity contribution in [2.75, 3.05) is 11.4 Å². The van der Waals surface area contributed by atoms with Gasteiger partial charge in [-0.25, -0.2) is 4.39 Å². The molecule has 0 aliphatic heterocycles. The number of carbonyl (C=O) groups excluding carboxylic acids is 3. The molecule has 2 aromatic carbocycles. The van der Waals surface area contributed by atoms with Crippen LogP contribution >= 0.6 is 11.6 Å². The topological polar surface area (TPSA) is 105 Å². The second-order valence-electron chi connectivity index (χ2n) is 7.63. The summed E-state index contributed by atoms with van der Waals surface area (Å²) in [6.07, 6.45) is 2.81. The molecule has 4 aromatic rings. The van der Waals surface area contributed by atoms with Crippen molar-refractivity contribution in [1.82, 2.24) is 10.6 Å². The molecule has 8 nitrogen and oxygen atoms in total. The molecule has 4 rings (SSSR count). The van der Waals surface area contributed by atoms with Gasteiger partial charge in [-0.15, -0.1) is 0 Å². The minimum absolute atomic E-state index is 0.0231. The highest BCUT2D eigenvalue weighted by Crippen LogP contribution is 2.31. The van der Waals surface area contributed by atoms with Crippen molar-refractivity contribution >= 4 is 35.0 Å². The summed E-state index contributed by atoms with van der Waals surface area (Å²) >= 11 is 6.01. The van der Waals surface area contributed by atoms with Crippen LogP contribution in [0.15, 0.2) is 94.2 Å². The van der Waals surface area contributed by atoms with Crippen LogP contribution in [0.5, 0.6) is 0 Å². The Labute approximate surface area is 210 Å². The highest BCUT2D eigenvalue weighted by molar-refractivity contribution is 6.31. The second-order valence-corrected chi connectivity index (χ2v) is 8.04. The van der Waals surface area contributed by atoms with E-state index in [9.17, 15) is 18.8 Å². The van der Waals surface area contributed by atoms with Crippen molar-refractivity contribution in [3.63, 3.8) is 0 Å². The van der Waals surface area contributed by atoms with E-state index < -0.39 is 36.1 Å². The Bertz CT molecular complexity index is 1330. The monoisotopic (exact) mass is 509 g/mol. The van der Waals surface area contributed by atoms with Crippen molar-refractivity contribution in [3.8, 4) is 0 Å². The number of carbonyl (C=O) groups is 3. The molecule has 0 saturated heterocycles. The van der Waals surface area contributed by atoms with E-state index in [2.05, 4.69) is 10.6 Å². The first-order chi connectivity index (χ1) is 17.4. The molecule has 2 heterocycles. The minimum atomic E-state index is -1.17. The number of hydrogen-bond donors (Lipinski definition) is 2. The standard InChI is InChI=1S/C26H21ClFN3O5/c27-20-14-18(10-11-21(20)28)31(23(32)16-30-25(33)22-9-5-13-36-22)24(17-6-2-1-3-7-17)26(34)29-15-19-8-4-12-35-19/h1-14,24H,15-16H2,(H,29,34)(H,30,33). The molecular formula is C26H21ClFN3O5. The second kappa shape index (κ2) is 11.4. The molecule has 184 valence electrons. The normalized spacial score (nSPS) is 11.5. The summed E-state index contributed by atoms with van der Waals surface area (Å²) in [6, 6.07) is 17.5. The average Bonchev–Trinajstić information content (AvgIpc) is 3.61. The maximum atomic E-state index is 13.9. The predicted molar refractivity (Wildman–Crippen MR) is 130 cm³/mol. The zero-order valence-corrected chi connectivity index (χ0v) is 19.6. The fourth-order valence-electron chi connectivity index (χ4n) is 3.54. The summed E-state index contributed by atoms with van der Waals surface area (Å²) in [4.78, 5) is 40.5. The highest BCUT2D eigenvalue weighted by atomic mass is 35.5. The van der Waals surface area contributed by atoms with Crippen LogP contribution in [-0.2, 0) is 16.1 Å². The number of halogens is 2. The third-order valence-electron chi connectivity index (χ3n) is 5.23. The first kappa shape index (κ1) is 24.7. The third-order valence-corrected chi connectivity index (χ3v) is 5.52. The number of nitrogens with zero attached hydrogens (tertiary/aromatic N) is 1. The van der Waals surface area contributed by atoms with Gasteiger partial charge in [0.2, 0.25) is 11.8 Å². The van der Waals surface area contributed by atoms with E-state index in [1.54, 1.807) is 48.5 Å². The fourth-order valence-corrected chi connectivity index (χ4v) is 3.72. The Morgan fingerprint density at radius 2 is 1.67 bits per heavy atom. The lowest BCUT2D eigenvalue weighted by Gasteiger charge is -2.31. The van der Waals surface area contributed by atoms with Crippen LogP contribution in [0.25, 0.3) is 0 Å². The molecule has 10 heteroatoms. The third kappa shape index (κ3) is 5.81. The summed E-state index contributed by atoms with van der Waals surface area (Å²) in [6.45, 7) is -0.389. The molecule has 36 heavy (non-hydrogen) atoms. The van der Waals surface area contributed by atoms with Crippen molar-refractivity contribution in [1.29, 1.82) is 0 Å². The number of hydrogen-bond acceptors (Lipinski definition) is 5. The number of nitrogens with one attached hydrogen (secondary N) is 2. The number of amides is 3. The lowest BCUT2D eigenvalue weighted by molar-refractivity contribution is -0.126. The summed E-state index contributed by atoms with van der Waals surface area (Å²) in [5.41, 5.74) is 0.654. The van der Waals surface area contributed by atoms with E-state index in [0.29, 0.717) is 11.3 Å². The molecule has 1 unspecified atom stereocenters. The first-order valence-electron chi connectivity index (χ1n) is 10.9. The maximum absolute atomic E-state index is 13.9. The Kier molecular flexibility index (Phi) is 7.82. The quantitative estimate of drug-likeness (QED) is 0.346. The van der Waals surface area contributed by atoms with Gasteiger partial charge in [0.1, 0.15) is 17.6 Å². The molecule has 0 saturated carbocycles. The minimum Gasteiger partial charge on any atom is -0.467 e. The number of anilines is 1. The van der Waals surface area contributed by atoms with Crippen LogP contribution in [0.3, 0.4) is 0 Å². The maximum Gasteiger partial charge on any atom is 0.287 e. The summed E-state index contributed by atoms with van der Waals surface area (Å²) in [7, 11) is 0. The molecule has 0 bridgehead atoms. The van der Waals surface area contributed by atoms with Gasteiger partial charge in [-0.2, -0.15) is 0 Å². The van der Waals surface area contributed by atoms with Gasteiger partial charge in [0.25, 0.3) is 5.91 Å². The van der Waals surface area contributed by atoms with Gasteiger partial charge in [-0.05, 0) is 48.0 Å². The van der Waals surface area contributed by atoms with E-state index in [0.717, 1.165) is 6.07 Å². The van der Waals surface area contributed by atoms with E-state index in [1.807, 2.05) is 0 Å². The van der Waals surface area contributed by atoms with Gasteiger partial charge in [-0.1, -0.05) is 41.9 Å². The Hall–Kier alpha value is -4.37. The summed E-state index contributed by atoms with van der Waals surface area (Å²) in [5, 5.41) is 5.02. The molecule has 3 amide bonds. The SMILES string of the molecule is O=C(NCC(=O)N(c1ccc(F)c(Cl)c1)C(C(=O)NCc1ccco1)c1ccccc1)c1ccco1. The molecule has 0 aliphatic rings. The molecule has 1 atom stereocenters. The van der Waals surface area contributed by atoms with Crippen LogP contribution in [0, 0.1) is 5.82 Å². The summed E-state index contributed by atoms with van der Waals surface area (Å²) in [5.74, 6) is -1.91. The van der Waals surface area contributed by atoms with Crippen LogP contribution in [0.1, 0.15) is 27.9 Å². The molecule has 2 N–H and O–H groups in total. The Morgan fingerprint density at radius 1 is 0.917 bits per heavy atom. The van der Waals surface area contributed by atoms with Crippen LogP contribution in [0.2, 0.25) is 5.02 Å². The van der Waals surface area contributed by atoms with E-state index in [4.69, 9.17) is 20.4 Å². The van der Waals surface area contributed by atoms with Crippen LogP contribution in [0.4, 0.5) is 10.1 Å². The van der Waals surface area contributed by atoms with Gasteiger partial charge in [-0.3, -0.25) is 19.3 Å². The number of benzene rings is 2. The molecular weight excluding hydrogens is 489 g/mol. The van der Waals surface area contributed by atoms with Gasteiger partial charge in [0.05, 0.1) is 30.6 Å². The fraction of sp³-hybridized carbons (Fsp3) is 0.115. The van der Waals surface area contributed by atoms with Gasteiger partial charge in [0.15, 0.2) is 5.76 Å². The molecule has 0 fully saturated rings. The van der Waals surface area contributed by atoms with E-state index in [1.165, 1.54) is 35.6 Å². The molecule has 0 spiro atoms. The highest BCUT2D eigenvalue weighted by Gasteiger charge is 2.33. The van der Waals surface area contributed by atoms with Crippen LogP contribution < -0.4 is 15.5 Å². The molecule has 0 radical (unpaired) electrons. The lowest BCUT2D eigenvalue weighted by Crippen LogP contribution is -2.47. The van der Waals surface area contributed by atoms with E-state index >= 15 is 0 Å². The molecule has 2 aromatic heterocycles. The zero-order valence-electron chi connectivity index (χ0n) is 18.8. The van der Waals surface area contributed by atoms with E-state index in [-0.39, 0.29) is 23.0 Å². The van der Waals surface area contributed by atoms with Crippen molar-refractivity contribution in [2.45, 2.75) is 12.6 Å². The lowest BCUT2D eigenvalue weighted by atomic mass is 10.0. The zero-order chi connectivity index (χ0) is 25.5. The van der Waals surface area contributed by atoms with Crippen molar-refractivity contribution < 1.29 is 27.6 Å². The van der Waals surface area contributed by atoms with Crippen LogP contribution in [-0.4, -0.2) is 24.3 Å². The number of rotatable bonds is 9. The average molecular weight is 510 g/mol. The Balaban J connectivity index is 1.68. The van der Waals surface area contributed by atoms with Crippen molar-refractivity contribution in [2.24, 2.45) is 0 Å². The van der Waals surface area contributed by atoms with Gasteiger partial charge >= 0.3 is 0 Å². The predicted octanol–water partition coefficient (Wildman–Crippen LogP) is 4.49. The van der Waals surface area contributed by atoms with Gasteiger partial charge < -0.3 is 19.5 Å².